The molecule has 1 atom stereocenters. The first-order valence-corrected chi connectivity index (χ1v) is 27.3. The van der Waals surface area contributed by atoms with Crippen LogP contribution in [0.3, 0.4) is 0 Å². The topological polar surface area (TPSA) is 34.6 Å². The summed E-state index contributed by atoms with van der Waals surface area (Å²) >= 11 is 1.89. The van der Waals surface area contributed by atoms with Crippen molar-refractivity contribution in [3.63, 3.8) is 0 Å². The van der Waals surface area contributed by atoms with Crippen molar-refractivity contribution in [2.45, 2.75) is 12.8 Å². The number of hydrogen-bond donors (Lipinski definition) is 0. The number of aromatic nitrogens is 2. The molecule has 0 spiro atoms. The Morgan fingerprint density at radius 2 is 1.06 bits per heavy atom. The molecule has 3 aromatic heterocycles. The molecule has 0 saturated carbocycles. The van der Waals surface area contributed by atoms with Crippen molar-refractivity contribution in [1.82, 2.24) is 9.13 Å². The quantitative estimate of drug-likeness (QED) is 0.168. The van der Waals surface area contributed by atoms with Gasteiger partial charge in [0, 0.05) is 53.7 Å². The van der Waals surface area contributed by atoms with Gasteiger partial charge < -0.3 is 9.13 Å². The standard InChI is InChI=1S/C72H44N4S/c1-42-64-54-28-12-14-32-60(54)75-59-31-13-11-27-52(59)53-29-16-30-56(69(53)75)68(64)74-72(49-24-15-23-46(39-49)43-17-3-2-4-18-43)73-67(42)57-36-35-55-66-51-26-10-8-20-45(51)34-38-63(66)77-71(55)70(57)76-61-37-33-44-19-7-9-25-50(44)65(61)58-40-47-21-5-6-22-48(47)41-62(58)76/h2-41,64H,1H3/t64-/m0/s1. The fourth-order valence-corrected chi connectivity index (χ4v) is 14.6. The zero-order valence-electron chi connectivity index (χ0n) is 41.9. The summed E-state index contributed by atoms with van der Waals surface area (Å²) < 4.78 is 7.57. The van der Waals surface area contributed by atoms with Crippen molar-refractivity contribution in [3.05, 3.63) is 270 Å². The van der Waals surface area contributed by atoms with E-state index in [1.54, 1.807) is 0 Å². The van der Waals surface area contributed by atoms with Gasteiger partial charge in [-0.05, 0) is 110 Å². The highest BCUT2D eigenvalue weighted by Crippen LogP contribution is 2.51. The van der Waals surface area contributed by atoms with Crippen LogP contribution in [-0.4, -0.2) is 20.7 Å². The third kappa shape index (κ3) is 6.09. The Labute approximate surface area is 447 Å². The number of aliphatic imine (C=N–C) groups is 2. The van der Waals surface area contributed by atoms with Crippen molar-refractivity contribution in [2.75, 3.05) is 0 Å². The van der Waals surface area contributed by atoms with Crippen LogP contribution in [0.2, 0.25) is 0 Å². The second kappa shape index (κ2) is 16.2. The molecule has 0 saturated heterocycles. The van der Waals surface area contributed by atoms with Gasteiger partial charge >= 0.3 is 0 Å². The second-order valence-corrected chi connectivity index (χ2v) is 21.8. The predicted molar refractivity (Wildman–Crippen MR) is 327 cm³/mol. The van der Waals surface area contributed by atoms with Crippen LogP contribution in [0.15, 0.2) is 258 Å². The van der Waals surface area contributed by atoms with Crippen molar-refractivity contribution < 1.29 is 0 Å². The Morgan fingerprint density at radius 3 is 1.91 bits per heavy atom. The minimum atomic E-state index is -0.259. The number of benzene rings is 12. The number of amidine groups is 1. The van der Waals surface area contributed by atoms with Crippen LogP contribution in [0.4, 0.5) is 0 Å². The molecule has 0 bridgehead atoms. The molecule has 0 radical (unpaired) electrons. The molecule has 17 rings (SSSR count). The number of allylic oxidation sites excluding steroid dienone is 1. The second-order valence-electron chi connectivity index (χ2n) is 20.8. The molecule has 0 aliphatic carbocycles. The van der Waals surface area contributed by atoms with E-state index in [0.717, 1.165) is 67.2 Å². The number of thiophene rings is 1. The lowest BCUT2D eigenvalue weighted by Gasteiger charge is -2.23. The van der Waals surface area contributed by atoms with Crippen LogP contribution in [0.1, 0.15) is 35.1 Å². The Kier molecular flexibility index (Phi) is 8.95. The normalized spacial score (nSPS) is 14.5. The fraction of sp³-hybridized carbons (Fsp3) is 0.0278. The lowest BCUT2D eigenvalue weighted by molar-refractivity contribution is 1.02. The Balaban J connectivity index is 1.05. The van der Waals surface area contributed by atoms with Crippen LogP contribution in [0.5, 0.6) is 0 Å². The van der Waals surface area contributed by atoms with Crippen molar-refractivity contribution in [2.24, 2.45) is 9.98 Å². The minimum Gasteiger partial charge on any atom is -0.308 e. The van der Waals surface area contributed by atoms with Crippen molar-refractivity contribution >= 4 is 125 Å². The molecule has 15 aromatic rings. The highest BCUT2D eigenvalue weighted by atomic mass is 32.1. The predicted octanol–water partition coefficient (Wildman–Crippen LogP) is 19.2. The molecule has 0 N–H and O–H groups in total. The maximum atomic E-state index is 6.06. The Morgan fingerprint density at radius 1 is 0.403 bits per heavy atom. The van der Waals surface area contributed by atoms with E-state index >= 15 is 0 Å². The average molecular weight is 997 g/mol. The van der Waals surface area contributed by atoms with E-state index in [1.807, 2.05) is 11.3 Å². The molecule has 12 aromatic carbocycles. The molecule has 4 nitrogen and oxygen atoms in total. The highest BCUT2D eigenvalue weighted by Gasteiger charge is 2.36. The van der Waals surface area contributed by atoms with Gasteiger partial charge in [-0.15, -0.1) is 11.3 Å². The monoisotopic (exact) mass is 996 g/mol. The summed E-state index contributed by atoms with van der Waals surface area (Å²) in [5.41, 5.74) is 16.6. The van der Waals surface area contributed by atoms with E-state index in [4.69, 9.17) is 9.98 Å². The van der Waals surface area contributed by atoms with Gasteiger partial charge in [-0.2, -0.15) is 0 Å². The van der Waals surface area contributed by atoms with Gasteiger partial charge in [-0.1, -0.05) is 194 Å². The number of para-hydroxylation sites is 3. The lowest BCUT2D eigenvalue weighted by Crippen LogP contribution is -2.17. The summed E-state index contributed by atoms with van der Waals surface area (Å²) in [5, 5.41) is 14.8. The first-order valence-electron chi connectivity index (χ1n) is 26.5. The molecule has 0 fully saturated rings. The fourth-order valence-electron chi connectivity index (χ4n) is 13.3. The van der Waals surface area contributed by atoms with E-state index in [1.165, 1.54) is 90.6 Å². The Hall–Kier alpha value is -9.68. The molecule has 0 unspecified atom stereocenters. The van der Waals surface area contributed by atoms with Crippen molar-refractivity contribution in [3.8, 4) is 22.5 Å². The van der Waals surface area contributed by atoms with Gasteiger partial charge in [-0.25, -0.2) is 9.98 Å². The van der Waals surface area contributed by atoms with E-state index in [2.05, 4.69) is 259 Å². The van der Waals surface area contributed by atoms with Crippen molar-refractivity contribution in [1.29, 1.82) is 0 Å². The van der Waals surface area contributed by atoms with Crippen LogP contribution in [0, 0.1) is 0 Å². The maximum Gasteiger partial charge on any atom is 0.160 e. The Bertz CT molecular complexity index is 5180. The first kappa shape index (κ1) is 42.7. The van der Waals surface area contributed by atoms with Gasteiger partial charge in [0.2, 0.25) is 0 Å². The molecular formula is C72H44N4S. The maximum absolute atomic E-state index is 6.06. The van der Waals surface area contributed by atoms with Gasteiger partial charge in [0.15, 0.2) is 5.84 Å². The molecule has 2 aliphatic heterocycles. The smallest absolute Gasteiger partial charge is 0.160 e. The highest BCUT2D eigenvalue weighted by molar-refractivity contribution is 7.26. The summed E-state index contributed by atoms with van der Waals surface area (Å²) in [6.45, 7) is 2.33. The third-order valence-corrected chi connectivity index (χ3v) is 17.9. The van der Waals surface area contributed by atoms with Crippen LogP contribution < -0.4 is 0 Å². The van der Waals surface area contributed by atoms with Crippen LogP contribution in [-0.2, 0) is 0 Å². The zero-order chi connectivity index (χ0) is 50.5. The molecule has 358 valence electrons. The molecule has 77 heavy (non-hydrogen) atoms. The van der Waals surface area contributed by atoms with Gasteiger partial charge in [-0.3, -0.25) is 0 Å². The number of fused-ring (bicyclic) bond motifs is 19. The minimum absolute atomic E-state index is 0.259. The average Bonchev–Trinajstić information content (AvgIpc) is 4.09. The third-order valence-electron chi connectivity index (χ3n) is 16.7. The van der Waals surface area contributed by atoms with E-state index in [0.29, 0.717) is 5.84 Å². The van der Waals surface area contributed by atoms with E-state index < -0.39 is 0 Å². The number of nitrogens with zero attached hydrogens (tertiary/aromatic N) is 4. The summed E-state index contributed by atoms with van der Waals surface area (Å²) in [6.07, 6.45) is 0. The largest absolute Gasteiger partial charge is 0.308 e. The molecule has 0 amide bonds. The first-order chi connectivity index (χ1) is 38.1. The summed E-state index contributed by atoms with van der Waals surface area (Å²) in [4.78, 5) is 12.0. The summed E-state index contributed by atoms with van der Waals surface area (Å²) in [6, 6.07) is 89.5. The zero-order valence-corrected chi connectivity index (χ0v) is 42.7. The van der Waals surface area contributed by atoms with Gasteiger partial charge in [0.1, 0.15) is 0 Å². The number of rotatable bonds is 4. The SMILES string of the molecule is CC1=C(c2ccc3c(sc4ccc5ccccc5c43)c2-n2c3cc4ccccc4cc3c3c4ccccc4ccc32)N=C(c2cccc(-c3ccccc3)c2)N=C2c3cccc4c5ccccc5n(c34)-c3ccccc3[C@@H]21. The van der Waals surface area contributed by atoms with E-state index in [-0.39, 0.29) is 5.92 Å². The van der Waals surface area contributed by atoms with Gasteiger partial charge in [0.25, 0.3) is 0 Å². The lowest BCUT2D eigenvalue weighted by atomic mass is 9.82. The molecule has 2 aliphatic rings. The molecular weight excluding hydrogens is 953 g/mol. The van der Waals surface area contributed by atoms with Crippen LogP contribution in [0.25, 0.3) is 124 Å². The number of hydrogen-bond acceptors (Lipinski definition) is 3. The van der Waals surface area contributed by atoms with Gasteiger partial charge in [0.05, 0.1) is 55.5 Å². The van der Waals surface area contributed by atoms with Crippen LogP contribution >= 0.6 is 11.3 Å². The summed E-state index contributed by atoms with van der Waals surface area (Å²) in [5.74, 6) is 0.422. The molecule has 5 heteroatoms. The molecule has 5 heterocycles. The van der Waals surface area contributed by atoms with E-state index in [9.17, 15) is 0 Å². The summed E-state index contributed by atoms with van der Waals surface area (Å²) in [7, 11) is 0.